The second kappa shape index (κ2) is 12.6. The Kier molecular flexibility index (Phi) is 9.60. The van der Waals surface area contributed by atoms with Crippen molar-refractivity contribution in [2.45, 2.75) is 78.3 Å². The Balaban J connectivity index is 1.70. The summed E-state index contributed by atoms with van der Waals surface area (Å²) in [7, 11) is 0. The van der Waals surface area contributed by atoms with Crippen LogP contribution in [0.4, 0.5) is 5.69 Å². The predicted octanol–water partition coefficient (Wildman–Crippen LogP) is 5.76. The molecular weight excluding hydrogens is 444 g/mol. The van der Waals surface area contributed by atoms with Gasteiger partial charge < -0.3 is 15.4 Å². The Morgan fingerprint density at radius 2 is 1.91 bits per heavy atom. The van der Waals surface area contributed by atoms with Crippen molar-refractivity contribution in [2.75, 3.05) is 6.54 Å². The molecule has 1 unspecified atom stereocenters. The van der Waals surface area contributed by atoms with E-state index in [1.807, 2.05) is 18.2 Å². The quantitative estimate of drug-likeness (QED) is 0.311. The number of para-hydroxylation sites is 1. The average Bonchev–Trinajstić information content (AvgIpc) is 2.82. The number of ether oxygens (including phenoxy) is 1. The molecule has 0 aliphatic heterocycles. The fourth-order valence-electron chi connectivity index (χ4n) is 4.47. The van der Waals surface area contributed by atoms with Crippen molar-refractivity contribution in [3.63, 3.8) is 0 Å². The Labute approximate surface area is 208 Å². The zero-order valence-corrected chi connectivity index (χ0v) is 21.1. The second-order valence-corrected chi connectivity index (χ2v) is 10.6. The molecule has 3 rings (SSSR count). The molecule has 1 fully saturated rings. The maximum Gasteiger partial charge on any atom is 0.292 e. The topological polar surface area (TPSA) is 106 Å². The standard InChI is InChI=1S/C27H38N4O4/c1-27(2,3)14-15-28-25(32)17-23(20-10-6-4-7-11-20)29-18-21-16-26(30-19-24(21)31(33)34)35-22-12-8-5-9-13-22/h5,8-9,12-13,16,19-20,23,29H,4,6-7,10-11,14-15,17-18H2,1-3H3,(H,28,32). The minimum absolute atomic E-state index is 0.0228. The molecule has 1 amide bonds. The van der Waals surface area contributed by atoms with Crippen molar-refractivity contribution in [3.8, 4) is 11.6 Å². The summed E-state index contributed by atoms with van der Waals surface area (Å²) >= 11 is 0. The molecule has 190 valence electrons. The van der Waals surface area contributed by atoms with E-state index >= 15 is 0 Å². The van der Waals surface area contributed by atoms with Crippen LogP contribution < -0.4 is 15.4 Å². The highest BCUT2D eigenvalue weighted by molar-refractivity contribution is 5.76. The lowest BCUT2D eigenvalue weighted by molar-refractivity contribution is -0.386. The molecule has 1 atom stereocenters. The van der Waals surface area contributed by atoms with E-state index in [1.165, 1.54) is 12.6 Å². The van der Waals surface area contributed by atoms with Gasteiger partial charge >= 0.3 is 0 Å². The molecule has 0 bridgehead atoms. The lowest BCUT2D eigenvalue weighted by Crippen LogP contribution is -2.41. The number of pyridine rings is 1. The van der Waals surface area contributed by atoms with Gasteiger partial charge in [0.1, 0.15) is 11.9 Å². The molecule has 8 nitrogen and oxygen atoms in total. The van der Waals surface area contributed by atoms with Crippen LogP contribution in [-0.2, 0) is 11.3 Å². The molecule has 8 heteroatoms. The van der Waals surface area contributed by atoms with Crippen LogP contribution in [0.5, 0.6) is 11.6 Å². The van der Waals surface area contributed by atoms with E-state index < -0.39 is 4.92 Å². The van der Waals surface area contributed by atoms with Crippen molar-refractivity contribution >= 4 is 11.6 Å². The van der Waals surface area contributed by atoms with Crippen LogP contribution in [0.25, 0.3) is 0 Å². The van der Waals surface area contributed by atoms with Crippen molar-refractivity contribution in [3.05, 3.63) is 58.3 Å². The number of carbonyl (C=O) groups is 1. The summed E-state index contributed by atoms with van der Waals surface area (Å²) in [5.41, 5.74) is 0.591. The number of amides is 1. The smallest absolute Gasteiger partial charge is 0.292 e. The van der Waals surface area contributed by atoms with Crippen LogP contribution >= 0.6 is 0 Å². The van der Waals surface area contributed by atoms with Crippen molar-refractivity contribution < 1.29 is 14.5 Å². The lowest BCUT2D eigenvalue weighted by Gasteiger charge is -2.31. The summed E-state index contributed by atoms with van der Waals surface area (Å²) in [5, 5.41) is 18.2. The third-order valence-electron chi connectivity index (χ3n) is 6.48. The van der Waals surface area contributed by atoms with E-state index in [9.17, 15) is 14.9 Å². The Morgan fingerprint density at radius 3 is 2.57 bits per heavy atom. The van der Waals surface area contributed by atoms with Gasteiger partial charge in [-0.1, -0.05) is 58.2 Å². The largest absolute Gasteiger partial charge is 0.439 e. The molecule has 2 aromatic rings. The summed E-state index contributed by atoms with van der Waals surface area (Å²) in [5.74, 6) is 1.31. The van der Waals surface area contributed by atoms with E-state index in [0.717, 1.165) is 32.1 Å². The molecule has 0 radical (unpaired) electrons. The SMILES string of the molecule is CC(C)(C)CCNC(=O)CC(NCc1cc(Oc2ccccc2)ncc1[N+](=O)[O-])C1CCCCC1. The highest BCUT2D eigenvalue weighted by Crippen LogP contribution is 2.29. The van der Waals surface area contributed by atoms with Gasteiger partial charge in [0.05, 0.1) is 10.5 Å². The van der Waals surface area contributed by atoms with Gasteiger partial charge in [0.25, 0.3) is 5.69 Å². The molecule has 1 saturated carbocycles. The first-order valence-corrected chi connectivity index (χ1v) is 12.6. The average molecular weight is 483 g/mol. The number of benzene rings is 1. The first-order valence-electron chi connectivity index (χ1n) is 12.6. The van der Waals surface area contributed by atoms with E-state index in [1.54, 1.807) is 18.2 Å². The molecule has 1 aliphatic rings. The number of carbonyl (C=O) groups excluding carboxylic acids is 1. The molecular formula is C27H38N4O4. The molecule has 1 aliphatic carbocycles. The van der Waals surface area contributed by atoms with Crippen LogP contribution in [0.1, 0.15) is 71.3 Å². The van der Waals surface area contributed by atoms with Crippen LogP contribution in [0.2, 0.25) is 0 Å². The highest BCUT2D eigenvalue weighted by Gasteiger charge is 2.27. The van der Waals surface area contributed by atoms with E-state index in [-0.39, 0.29) is 29.6 Å². The monoisotopic (exact) mass is 482 g/mol. The normalized spacial score (nSPS) is 15.4. The zero-order chi connectivity index (χ0) is 25.3. The lowest BCUT2D eigenvalue weighted by atomic mass is 9.82. The van der Waals surface area contributed by atoms with Crippen molar-refractivity contribution in [1.82, 2.24) is 15.6 Å². The molecule has 1 aromatic carbocycles. The maximum absolute atomic E-state index is 12.7. The van der Waals surface area contributed by atoms with Gasteiger partial charge in [-0.3, -0.25) is 14.9 Å². The number of rotatable bonds is 11. The van der Waals surface area contributed by atoms with E-state index in [0.29, 0.717) is 36.1 Å². The minimum atomic E-state index is -0.425. The van der Waals surface area contributed by atoms with Gasteiger partial charge in [0.15, 0.2) is 0 Å². The van der Waals surface area contributed by atoms with E-state index in [4.69, 9.17) is 4.74 Å². The molecule has 0 saturated heterocycles. The minimum Gasteiger partial charge on any atom is -0.439 e. The van der Waals surface area contributed by atoms with Gasteiger partial charge in [-0.25, -0.2) is 4.98 Å². The van der Waals surface area contributed by atoms with Gasteiger partial charge in [0, 0.05) is 31.6 Å². The fraction of sp³-hybridized carbons (Fsp3) is 0.556. The van der Waals surface area contributed by atoms with Crippen LogP contribution in [-0.4, -0.2) is 28.4 Å². The highest BCUT2D eigenvalue weighted by atomic mass is 16.6. The number of hydrogen-bond acceptors (Lipinski definition) is 6. The summed E-state index contributed by atoms with van der Waals surface area (Å²) in [6, 6.07) is 10.8. The molecule has 1 aromatic heterocycles. The van der Waals surface area contributed by atoms with Crippen LogP contribution in [0.15, 0.2) is 42.6 Å². The zero-order valence-electron chi connectivity index (χ0n) is 21.1. The van der Waals surface area contributed by atoms with Gasteiger partial charge in [-0.05, 0) is 42.7 Å². The van der Waals surface area contributed by atoms with Gasteiger partial charge in [-0.2, -0.15) is 0 Å². The summed E-state index contributed by atoms with van der Waals surface area (Å²) in [6.07, 6.45) is 8.16. The summed E-state index contributed by atoms with van der Waals surface area (Å²) < 4.78 is 5.79. The van der Waals surface area contributed by atoms with Crippen molar-refractivity contribution in [2.24, 2.45) is 11.3 Å². The summed E-state index contributed by atoms with van der Waals surface area (Å²) in [6.45, 7) is 7.38. The summed E-state index contributed by atoms with van der Waals surface area (Å²) in [4.78, 5) is 28.1. The Morgan fingerprint density at radius 1 is 1.20 bits per heavy atom. The van der Waals surface area contributed by atoms with Gasteiger partial charge in [-0.15, -0.1) is 0 Å². The molecule has 0 spiro atoms. The maximum atomic E-state index is 12.7. The fourth-order valence-corrected chi connectivity index (χ4v) is 4.47. The third kappa shape index (κ3) is 8.94. The third-order valence-corrected chi connectivity index (χ3v) is 6.48. The van der Waals surface area contributed by atoms with Crippen molar-refractivity contribution in [1.29, 1.82) is 0 Å². The Bertz CT molecular complexity index is 969. The van der Waals surface area contributed by atoms with Gasteiger partial charge in [0.2, 0.25) is 11.8 Å². The number of nitrogens with zero attached hydrogens (tertiary/aromatic N) is 2. The van der Waals surface area contributed by atoms with Crippen LogP contribution in [0.3, 0.4) is 0 Å². The number of aromatic nitrogens is 1. The van der Waals surface area contributed by atoms with Crippen LogP contribution in [0, 0.1) is 21.4 Å². The number of nitrogens with one attached hydrogen (secondary N) is 2. The second-order valence-electron chi connectivity index (χ2n) is 10.6. The Hall–Kier alpha value is -3.00. The molecule has 2 N–H and O–H groups in total. The molecule has 35 heavy (non-hydrogen) atoms. The van der Waals surface area contributed by atoms with E-state index in [2.05, 4.69) is 36.4 Å². The predicted molar refractivity (Wildman–Crippen MR) is 136 cm³/mol. The molecule has 1 heterocycles. The number of hydrogen-bond donors (Lipinski definition) is 2. The number of nitro groups is 1. The first-order chi connectivity index (χ1) is 16.7. The first kappa shape index (κ1) is 26.6.